The SMILES string of the molecule is Cc1cnc(NC(=O)NCc2nccnc2-c2ccco2)s1. The second-order valence-corrected chi connectivity index (χ2v) is 5.65. The van der Waals surface area contributed by atoms with E-state index < -0.39 is 0 Å². The van der Waals surface area contributed by atoms with Crippen LogP contribution in [0.5, 0.6) is 0 Å². The molecule has 0 aliphatic rings. The van der Waals surface area contributed by atoms with Crippen LogP contribution in [0.4, 0.5) is 9.93 Å². The molecule has 3 aromatic rings. The van der Waals surface area contributed by atoms with E-state index in [1.165, 1.54) is 11.3 Å². The van der Waals surface area contributed by atoms with Gasteiger partial charge in [-0.25, -0.2) is 14.8 Å². The number of amides is 2. The summed E-state index contributed by atoms with van der Waals surface area (Å²) in [6.07, 6.45) is 6.43. The predicted octanol–water partition coefficient (Wildman–Crippen LogP) is 2.82. The van der Waals surface area contributed by atoms with Gasteiger partial charge in [-0.1, -0.05) is 0 Å². The zero-order valence-corrected chi connectivity index (χ0v) is 12.6. The van der Waals surface area contributed by atoms with E-state index in [-0.39, 0.29) is 12.6 Å². The van der Waals surface area contributed by atoms with E-state index >= 15 is 0 Å². The Morgan fingerprint density at radius 3 is 2.91 bits per heavy atom. The number of aromatic nitrogens is 3. The molecule has 22 heavy (non-hydrogen) atoms. The lowest BCUT2D eigenvalue weighted by Gasteiger charge is -2.07. The van der Waals surface area contributed by atoms with Gasteiger partial charge < -0.3 is 9.73 Å². The Labute approximate surface area is 130 Å². The summed E-state index contributed by atoms with van der Waals surface area (Å²) in [5.74, 6) is 0.612. The van der Waals surface area contributed by atoms with Crippen molar-refractivity contribution in [3.8, 4) is 11.5 Å². The Bertz CT molecular complexity index is 769. The van der Waals surface area contributed by atoms with E-state index in [9.17, 15) is 4.79 Å². The van der Waals surface area contributed by atoms with Crippen molar-refractivity contribution in [3.63, 3.8) is 0 Å². The number of rotatable bonds is 4. The molecular formula is C14H13N5O2S. The van der Waals surface area contributed by atoms with Crippen LogP contribution in [0.15, 0.2) is 41.4 Å². The minimum Gasteiger partial charge on any atom is -0.463 e. The minimum absolute atomic E-state index is 0.236. The molecular weight excluding hydrogens is 302 g/mol. The van der Waals surface area contributed by atoms with Crippen molar-refractivity contribution < 1.29 is 9.21 Å². The Balaban J connectivity index is 1.65. The molecule has 0 saturated carbocycles. The van der Waals surface area contributed by atoms with Crippen LogP contribution < -0.4 is 10.6 Å². The number of hydrogen-bond acceptors (Lipinski definition) is 6. The highest BCUT2D eigenvalue weighted by Crippen LogP contribution is 2.20. The molecule has 0 atom stereocenters. The first-order valence-electron chi connectivity index (χ1n) is 6.53. The van der Waals surface area contributed by atoms with Crippen LogP contribution in [-0.2, 0) is 6.54 Å². The third-order valence-corrected chi connectivity index (χ3v) is 3.61. The molecule has 0 radical (unpaired) electrons. The minimum atomic E-state index is -0.342. The van der Waals surface area contributed by atoms with Gasteiger partial charge in [-0.15, -0.1) is 11.3 Å². The number of furan rings is 1. The Morgan fingerprint density at radius 1 is 1.32 bits per heavy atom. The third-order valence-electron chi connectivity index (χ3n) is 2.79. The maximum atomic E-state index is 11.9. The lowest BCUT2D eigenvalue weighted by molar-refractivity contribution is 0.251. The first-order chi connectivity index (χ1) is 10.7. The number of urea groups is 1. The summed E-state index contributed by atoms with van der Waals surface area (Å²) in [6.45, 7) is 2.16. The summed E-state index contributed by atoms with van der Waals surface area (Å²) >= 11 is 1.41. The van der Waals surface area contributed by atoms with Gasteiger partial charge in [0.15, 0.2) is 10.9 Å². The van der Waals surface area contributed by atoms with Crippen molar-refractivity contribution in [1.29, 1.82) is 0 Å². The highest BCUT2D eigenvalue weighted by molar-refractivity contribution is 7.15. The number of anilines is 1. The number of carbonyl (C=O) groups excluding carboxylic acids is 1. The molecule has 0 fully saturated rings. The van der Waals surface area contributed by atoms with Crippen molar-refractivity contribution in [3.05, 3.63) is 47.6 Å². The van der Waals surface area contributed by atoms with Gasteiger partial charge in [0.2, 0.25) is 0 Å². The van der Waals surface area contributed by atoms with Crippen molar-refractivity contribution in [2.75, 3.05) is 5.32 Å². The van der Waals surface area contributed by atoms with E-state index in [2.05, 4.69) is 25.6 Å². The third kappa shape index (κ3) is 3.29. The van der Waals surface area contributed by atoms with Crippen LogP contribution in [0, 0.1) is 6.92 Å². The zero-order chi connectivity index (χ0) is 15.4. The molecule has 8 heteroatoms. The number of thiazole rings is 1. The summed E-state index contributed by atoms with van der Waals surface area (Å²) in [5.41, 5.74) is 1.24. The summed E-state index contributed by atoms with van der Waals surface area (Å²) < 4.78 is 5.33. The molecule has 0 saturated heterocycles. The number of nitrogens with one attached hydrogen (secondary N) is 2. The number of hydrogen-bond donors (Lipinski definition) is 2. The smallest absolute Gasteiger partial charge is 0.321 e. The van der Waals surface area contributed by atoms with Gasteiger partial charge >= 0.3 is 6.03 Å². The fourth-order valence-corrected chi connectivity index (χ4v) is 2.49. The lowest BCUT2D eigenvalue weighted by atomic mass is 10.2. The number of carbonyl (C=O) groups is 1. The molecule has 2 amide bonds. The average Bonchev–Trinajstić information content (AvgIpc) is 3.17. The second-order valence-electron chi connectivity index (χ2n) is 4.41. The largest absolute Gasteiger partial charge is 0.463 e. The van der Waals surface area contributed by atoms with Gasteiger partial charge in [0.25, 0.3) is 0 Å². The van der Waals surface area contributed by atoms with E-state index in [1.54, 1.807) is 37.0 Å². The summed E-state index contributed by atoms with van der Waals surface area (Å²) in [4.78, 5) is 25.5. The summed E-state index contributed by atoms with van der Waals surface area (Å²) in [6, 6.07) is 3.23. The normalized spacial score (nSPS) is 10.4. The van der Waals surface area contributed by atoms with Crippen molar-refractivity contribution in [2.45, 2.75) is 13.5 Å². The lowest BCUT2D eigenvalue weighted by Crippen LogP contribution is -2.28. The molecule has 7 nitrogen and oxygen atoms in total. The maximum absolute atomic E-state index is 11.9. The molecule has 0 unspecified atom stereocenters. The van der Waals surface area contributed by atoms with E-state index in [4.69, 9.17) is 4.42 Å². The molecule has 112 valence electrons. The van der Waals surface area contributed by atoms with Gasteiger partial charge in [0.1, 0.15) is 5.69 Å². The molecule has 0 spiro atoms. The van der Waals surface area contributed by atoms with Gasteiger partial charge in [-0.05, 0) is 19.1 Å². The highest BCUT2D eigenvalue weighted by atomic mass is 32.1. The Kier molecular flexibility index (Phi) is 4.10. The van der Waals surface area contributed by atoms with E-state index in [1.807, 2.05) is 6.92 Å². The van der Waals surface area contributed by atoms with Crippen LogP contribution in [0.2, 0.25) is 0 Å². The summed E-state index contributed by atoms with van der Waals surface area (Å²) in [5, 5.41) is 5.96. The zero-order valence-electron chi connectivity index (χ0n) is 11.7. The Hall–Kier alpha value is -2.74. The molecule has 0 aliphatic heterocycles. The van der Waals surface area contributed by atoms with Crippen molar-refractivity contribution in [1.82, 2.24) is 20.3 Å². The topological polar surface area (TPSA) is 92.9 Å². The van der Waals surface area contributed by atoms with E-state index in [0.29, 0.717) is 22.3 Å². The standard InChI is InChI=1S/C14H13N5O2S/c1-9-7-18-14(22-9)19-13(20)17-8-10-12(16-5-4-15-10)11-3-2-6-21-11/h2-7H,8H2,1H3,(H2,17,18,19,20). The molecule has 3 rings (SSSR count). The Morgan fingerprint density at radius 2 is 2.18 bits per heavy atom. The molecule has 0 bridgehead atoms. The van der Waals surface area contributed by atoms with Crippen LogP contribution in [-0.4, -0.2) is 21.0 Å². The van der Waals surface area contributed by atoms with Crippen LogP contribution in [0.3, 0.4) is 0 Å². The fraction of sp³-hybridized carbons (Fsp3) is 0.143. The molecule has 2 N–H and O–H groups in total. The molecule has 3 heterocycles. The highest BCUT2D eigenvalue weighted by Gasteiger charge is 2.12. The quantitative estimate of drug-likeness (QED) is 0.772. The van der Waals surface area contributed by atoms with Gasteiger partial charge in [0, 0.05) is 23.5 Å². The predicted molar refractivity (Wildman–Crippen MR) is 82.4 cm³/mol. The first-order valence-corrected chi connectivity index (χ1v) is 7.35. The first kappa shape index (κ1) is 14.2. The van der Waals surface area contributed by atoms with Crippen molar-refractivity contribution in [2.24, 2.45) is 0 Å². The maximum Gasteiger partial charge on any atom is 0.321 e. The number of nitrogens with zero attached hydrogens (tertiary/aromatic N) is 3. The van der Waals surface area contributed by atoms with Crippen LogP contribution in [0.1, 0.15) is 10.6 Å². The second kappa shape index (κ2) is 6.35. The molecule has 3 aromatic heterocycles. The van der Waals surface area contributed by atoms with Gasteiger partial charge in [-0.2, -0.15) is 0 Å². The summed E-state index contributed by atoms with van der Waals surface area (Å²) in [7, 11) is 0. The van der Waals surface area contributed by atoms with Crippen LogP contribution >= 0.6 is 11.3 Å². The average molecular weight is 315 g/mol. The van der Waals surface area contributed by atoms with Gasteiger partial charge in [-0.3, -0.25) is 10.3 Å². The van der Waals surface area contributed by atoms with Gasteiger partial charge in [0.05, 0.1) is 18.5 Å². The van der Waals surface area contributed by atoms with Crippen LogP contribution in [0.25, 0.3) is 11.5 Å². The number of aryl methyl sites for hydroxylation is 1. The fourth-order valence-electron chi connectivity index (χ4n) is 1.83. The van der Waals surface area contributed by atoms with E-state index in [0.717, 1.165) is 4.88 Å². The molecule has 0 aliphatic carbocycles. The monoisotopic (exact) mass is 315 g/mol. The van der Waals surface area contributed by atoms with Crippen molar-refractivity contribution >= 4 is 22.5 Å². The molecule has 0 aromatic carbocycles.